The van der Waals surface area contributed by atoms with Crippen LogP contribution in [0.25, 0.3) is 0 Å². The number of ether oxygens (including phenoxy) is 1. The van der Waals surface area contributed by atoms with Gasteiger partial charge in [0.1, 0.15) is 35.6 Å². The van der Waals surface area contributed by atoms with Gasteiger partial charge >= 0.3 is 0 Å². The van der Waals surface area contributed by atoms with Gasteiger partial charge in [-0.3, -0.25) is 9.78 Å². The van der Waals surface area contributed by atoms with Crippen LogP contribution in [-0.2, 0) is 15.1 Å². The molecule has 3 aliphatic rings. The lowest BCUT2D eigenvalue weighted by atomic mass is 9.77. The lowest BCUT2D eigenvalue weighted by Gasteiger charge is -2.43. The quantitative estimate of drug-likeness (QED) is 0.738. The number of anilines is 1. The van der Waals surface area contributed by atoms with Gasteiger partial charge < -0.3 is 14.5 Å². The van der Waals surface area contributed by atoms with Gasteiger partial charge in [-0.2, -0.15) is 5.26 Å². The first-order valence-electron chi connectivity index (χ1n) is 10.8. The number of likely N-dealkylation sites (tertiary alicyclic amines) is 1. The number of hydrogen-bond acceptors (Lipinski definition) is 6. The van der Waals surface area contributed by atoms with Crippen LogP contribution in [0.2, 0.25) is 0 Å². The fraction of sp³-hybridized carbons (Fsp3) is 0.478. The van der Waals surface area contributed by atoms with E-state index in [1.165, 1.54) is 6.07 Å². The van der Waals surface area contributed by atoms with E-state index < -0.39 is 5.60 Å². The molecule has 0 N–H and O–H groups in total. The van der Waals surface area contributed by atoms with Gasteiger partial charge in [0.25, 0.3) is 0 Å². The molecule has 1 saturated carbocycles. The van der Waals surface area contributed by atoms with Crippen LogP contribution in [-0.4, -0.2) is 52.6 Å². The van der Waals surface area contributed by atoms with E-state index >= 15 is 0 Å². The molecule has 160 valence electrons. The number of rotatable bonds is 5. The topological polar surface area (TPSA) is 82.4 Å². The summed E-state index contributed by atoms with van der Waals surface area (Å²) in [5, 5.41) is 8.98. The van der Waals surface area contributed by atoms with Crippen molar-refractivity contribution in [1.82, 2.24) is 14.9 Å². The molecule has 31 heavy (non-hydrogen) atoms. The van der Waals surface area contributed by atoms with Gasteiger partial charge in [-0.25, -0.2) is 9.37 Å². The van der Waals surface area contributed by atoms with Crippen LogP contribution in [0.3, 0.4) is 0 Å². The van der Waals surface area contributed by atoms with Crippen molar-refractivity contribution >= 4 is 11.7 Å². The smallest absolute Gasteiger partial charge is 0.248 e. The maximum absolute atomic E-state index is 14.3. The van der Waals surface area contributed by atoms with Crippen LogP contribution in [0.1, 0.15) is 43.4 Å². The minimum Gasteiger partial charge on any atom is -0.359 e. The van der Waals surface area contributed by atoms with Gasteiger partial charge in [0.05, 0.1) is 5.56 Å². The molecule has 2 aromatic heterocycles. The third-order valence-electron chi connectivity index (χ3n) is 6.80. The van der Waals surface area contributed by atoms with E-state index in [0.717, 1.165) is 25.1 Å². The van der Waals surface area contributed by atoms with Crippen molar-refractivity contribution < 1.29 is 13.9 Å². The Kier molecular flexibility index (Phi) is 5.06. The Morgan fingerprint density at radius 1 is 1.23 bits per heavy atom. The van der Waals surface area contributed by atoms with Gasteiger partial charge in [-0.15, -0.1) is 0 Å². The number of aromatic nitrogens is 2. The Bertz CT molecular complexity index is 1000. The zero-order chi connectivity index (χ0) is 21.4. The molecule has 5 rings (SSSR count). The van der Waals surface area contributed by atoms with E-state index in [1.54, 1.807) is 24.5 Å². The molecule has 0 spiro atoms. The first kappa shape index (κ1) is 19.9. The van der Waals surface area contributed by atoms with Gasteiger partial charge in [0.2, 0.25) is 5.91 Å². The first-order valence-corrected chi connectivity index (χ1v) is 10.8. The highest BCUT2D eigenvalue weighted by atomic mass is 19.1. The summed E-state index contributed by atoms with van der Waals surface area (Å²) in [6, 6.07) is 9.11. The summed E-state index contributed by atoms with van der Waals surface area (Å²) in [6.45, 7) is 1.17. The van der Waals surface area contributed by atoms with Crippen LogP contribution in [0.4, 0.5) is 10.2 Å². The van der Waals surface area contributed by atoms with E-state index in [-0.39, 0.29) is 30.4 Å². The van der Waals surface area contributed by atoms with Gasteiger partial charge in [0.15, 0.2) is 0 Å². The summed E-state index contributed by atoms with van der Waals surface area (Å²) >= 11 is 0. The number of nitrogens with zero attached hydrogens (tertiary/aromatic N) is 5. The van der Waals surface area contributed by atoms with Crippen molar-refractivity contribution in [2.24, 2.45) is 0 Å². The van der Waals surface area contributed by atoms with E-state index in [2.05, 4.69) is 20.9 Å². The van der Waals surface area contributed by atoms with E-state index in [0.29, 0.717) is 37.2 Å². The lowest BCUT2D eigenvalue weighted by Crippen LogP contribution is -2.56. The number of carbonyl (C=O) groups excluding carboxylic acids is 1. The number of nitriles is 1. The Balaban J connectivity index is 1.24. The summed E-state index contributed by atoms with van der Waals surface area (Å²) in [5.41, 5.74) is 0.0657. The molecule has 2 aromatic rings. The molecule has 1 unspecified atom stereocenters. The Hall–Kier alpha value is -3.05. The average molecular weight is 421 g/mol. The standard InChI is InChI=1S/C23H24FN5O2/c24-19-3-1-10-26-22(19)23(8-2-9-23)31-15-21(30)28-13-17-5-6-18(14-28)29(17)20-7-4-16(11-25)12-27-20/h1,3-4,7,10,12,17-18H,2,5-6,8-9,13-15H2/t17-,18?/m0/s1. The molecule has 2 bridgehead atoms. The maximum Gasteiger partial charge on any atom is 0.248 e. The lowest BCUT2D eigenvalue weighted by molar-refractivity contribution is -0.155. The van der Waals surface area contributed by atoms with Crippen molar-refractivity contribution in [2.75, 3.05) is 24.6 Å². The molecule has 7 nitrogen and oxygen atoms in total. The molecule has 0 aromatic carbocycles. The largest absolute Gasteiger partial charge is 0.359 e. The summed E-state index contributed by atoms with van der Waals surface area (Å²) < 4.78 is 20.3. The van der Waals surface area contributed by atoms with Crippen LogP contribution < -0.4 is 4.90 Å². The number of piperazine rings is 1. The first-order chi connectivity index (χ1) is 15.1. The number of halogens is 1. The third kappa shape index (κ3) is 3.53. The highest BCUT2D eigenvalue weighted by Crippen LogP contribution is 2.44. The molecule has 8 heteroatoms. The van der Waals surface area contributed by atoms with Crippen molar-refractivity contribution in [3.05, 3.63) is 53.7 Å². The van der Waals surface area contributed by atoms with Crippen LogP contribution in [0.5, 0.6) is 0 Å². The Morgan fingerprint density at radius 3 is 2.58 bits per heavy atom. The molecular formula is C23H24FN5O2. The van der Waals surface area contributed by atoms with Crippen LogP contribution in [0.15, 0.2) is 36.7 Å². The highest BCUT2D eigenvalue weighted by molar-refractivity contribution is 5.78. The second kappa shape index (κ2) is 7.89. The Labute approximate surface area is 180 Å². The van der Waals surface area contributed by atoms with Crippen LogP contribution in [0, 0.1) is 17.1 Å². The predicted octanol–water partition coefficient (Wildman–Crippen LogP) is 2.76. The number of fused-ring (bicyclic) bond motifs is 2. The predicted molar refractivity (Wildman–Crippen MR) is 110 cm³/mol. The highest BCUT2D eigenvalue weighted by Gasteiger charge is 2.45. The molecule has 2 saturated heterocycles. The minimum absolute atomic E-state index is 0.0630. The summed E-state index contributed by atoms with van der Waals surface area (Å²) in [4.78, 5) is 25.7. The van der Waals surface area contributed by atoms with Gasteiger partial charge in [-0.05, 0) is 56.4 Å². The number of pyridine rings is 2. The molecule has 1 aliphatic carbocycles. The second-order valence-corrected chi connectivity index (χ2v) is 8.58. The molecule has 0 radical (unpaired) electrons. The monoisotopic (exact) mass is 421 g/mol. The molecule has 2 atom stereocenters. The summed E-state index contributed by atoms with van der Waals surface area (Å²) in [5.74, 6) is 0.414. The fourth-order valence-corrected chi connectivity index (χ4v) is 5.05. The molecule has 3 fully saturated rings. The second-order valence-electron chi connectivity index (χ2n) is 8.58. The van der Waals surface area contributed by atoms with Crippen molar-refractivity contribution in [1.29, 1.82) is 5.26 Å². The zero-order valence-corrected chi connectivity index (χ0v) is 17.2. The molecule has 1 amide bonds. The SMILES string of the molecule is N#Cc1ccc(N2C3CC[C@H]2CN(C(=O)COC2(c4ncccc4F)CCC2)C3)nc1. The normalized spacial score (nSPS) is 23.9. The fourth-order valence-electron chi connectivity index (χ4n) is 5.05. The summed E-state index contributed by atoms with van der Waals surface area (Å²) in [6.07, 6.45) is 7.45. The molecular weight excluding hydrogens is 397 g/mol. The van der Waals surface area contributed by atoms with Crippen LogP contribution >= 0.6 is 0 Å². The van der Waals surface area contributed by atoms with E-state index in [9.17, 15) is 9.18 Å². The number of carbonyl (C=O) groups is 1. The third-order valence-corrected chi connectivity index (χ3v) is 6.80. The minimum atomic E-state index is -0.784. The van der Waals surface area contributed by atoms with Gasteiger partial charge in [-0.1, -0.05) is 0 Å². The molecule has 2 aliphatic heterocycles. The van der Waals surface area contributed by atoms with Gasteiger partial charge in [0, 0.05) is 37.6 Å². The van der Waals surface area contributed by atoms with Crippen molar-refractivity contribution in [3.63, 3.8) is 0 Å². The maximum atomic E-state index is 14.3. The van der Waals surface area contributed by atoms with E-state index in [1.807, 2.05) is 11.0 Å². The zero-order valence-electron chi connectivity index (χ0n) is 17.2. The summed E-state index contributed by atoms with van der Waals surface area (Å²) in [7, 11) is 0. The van der Waals surface area contributed by atoms with E-state index in [4.69, 9.17) is 10.00 Å². The number of hydrogen-bond donors (Lipinski definition) is 0. The Morgan fingerprint density at radius 2 is 2.00 bits per heavy atom. The number of amides is 1. The average Bonchev–Trinajstić information content (AvgIpc) is 3.03. The van der Waals surface area contributed by atoms with Crippen molar-refractivity contribution in [3.8, 4) is 6.07 Å². The molecule has 4 heterocycles. The van der Waals surface area contributed by atoms with Crippen molar-refractivity contribution in [2.45, 2.75) is 49.8 Å².